The highest BCUT2D eigenvalue weighted by Crippen LogP contribution is 2.47. The molecule has 0 saturated carbocycles. The molecule has 2 aliphatic heterocycles. The van der Waals surface area contributed by atoms with Gasteiger partial charge in [-0.15, -0.1) is 11.3 Å². The summed E-state index contributed by atoms with van der Waals surface area (Å²) in [6, 6.07) is 11.0. The number of hydrogen-bond donors (Lipinski definition) is 0. The minimum absolute atomic E-state index is 0.176. The Balaban J connectivity index is 1.80. The minimum Gasteiger partial charge on any atom is -0.443 e. The maximum Gasteiger partial charge on any atom is 0.423 e. The number of carbonyl (C=O) groups is 2. The second-order valence-electron chi connectivity index (χ2n) is 9.13. The van der Waals surface area contributed by atoms with E-state index >= 15 is 0 Å². The number of rotatable bonds is 2. The van der Waals surface area contributed by atoms with Crippen LogP contribution in [0.15, 0.2) is 46.8 Å². The summed E-state index contributed by atoms with van der Waals surface area (Å²) in [7, 11) is 2.07. The Bertz CT molecular complexity index is 1030. The molecule has 0 unspecified atom stereocenters. The van der Waals surface area contributed by atoms with E-state index in [2.05, 4.69) is 19.3 Å². The molecule has 9 heteroatoms. The van der Waals surface area contributed by atoms with Crippen molar-refractivity contribution in [2.24, 2.45) is 10.9 Å². The van der Waals surface area contributed by atoms with Crippen molar-refractivity contribution in [1.29, 1.82) is 0 Å². The van der Waals surface area contributed by atoms with Gasteiger partial charge in [0.2, 0.25) is 0 Å². The molecule has 4 rings (SSSR count). The van der Waals surface area contributed by atoms with Crippen LogP contribution in [0.25, 0.3) is 0 Å². The van der Waals surface area contributed by atoms with Crippen molar-refractivity contribution in [1.82, 2.24) is 4.90 Å². The largest absolute Gasteiger partial charge is 0.443 e. The quantitative estimate of drug-likeness (QED) is 0.630. The molecule has 6 nitrogen and oxygen atoms in total. The van der Waals surface area contributed by atoms with Gasteiger partial charge < -0.3 is 9.47 Å². The number of thioether (sulfide) groups is 1. The molecule has 0 spiro atoms. The van der Waals surface area contributed by atoms with E-state index in [9.17, 15) is 9.59 Å². The van der Waals surface area contributed by atoms with E-state index in [1.54, 1.807) is 56.4 Å². The Hall–Kier alpha value is -2.10. The minimum atomic E-state index is -0.740. The highest BCUT2D eigenvalue weighted by atomic mass is 32.2. The van der Waals surface area contributed by atoms with Crippen LogP contribution >= 0.6 is 23.1 Å². The van der Waals surface area contributed by atoms with E-state index in [0.29, 0.717) is 36.1 Å². The van der Waals surface area contributed by atoms with E-state index in [1.165, 1.54) is 17.2 Å². The molecular formula is C23H27BN2O4S2. The van der Waals surface area contributed by atoms with Gasteiger partial charge in [0.15, 0.2) is 5.17 Å². The third-order valence-electron chi connectivity index (χ3n) is 5.48. The predicted molar refractivity (Wildman–Crippen MR) is 132 cm³/mol. The van der Waals surface area contributed by atoms with Gasteiger partial charge in [-0.3, -0.25) is 4.79 Å². The first kappa shape index (κ1) is 23.1. The highest BCUT2D eigenvalue weighted by Gasteiger charge is 2.48. The molecule has 2 atom stereocenters. The lowest BCUT2D eigenvalue weighted by Gasteiger charge is -2.44. The topological polar surface area (TPSA) is 68.2 Å². The lowest BCUT2D eigenvalue weighted by atomic mass is 9.79. The summed E-state index contributed by atoms with van der Waals surface area (Å²) in [5.41, 5.74) is 0.353. The molecule has 1 fully saturated rings. The van der Waals surface area contributed by atoms with E-state index in [1.807, 2.05) is 6.07 Å². The first-order chi connectivity index (χ1) is 15.2. The second kappa shape index (κ2) is 9.04. The third-order valence-corrected chi connectivity index (χ3v) is 7.80. The molecule has 2 aliphatic rings. The number of aliphatic imine (C=N–C) groups is 1. The second-order valence-corrected chi connectivity index (χ2v) is 11.0. The molecule has 3 heterocycles. The van der Waals surface area contributed by atoms with Gasteiger partial charge in [0.05, 0.1) is 6.61 Å². The molecular weight excluding hydrogens is 443 g/mol. The monoisotopic (exact) mass is 470 g/mol. The Morgan fingerprint density at radius 2 is 2.03 bits per heavy atom. The SMILES string of the molecule is Bc1csc([C@]23CCOC[C@H]2CSC(N(C(=O)OC(C)(C)C)C(=O)c2ccccc2)=N3)c1. The fraction of sp³-hybridized carbons (Fsp3) is 0.435. The van der Waals surface area contributed by atoms with Crippen molar-refractivity contribution in [2.45, 2.75) is 38.3 Å². The van der Waals surface area contributed by atoms with Crippen molar-refractivity contribution in [3.63, 3.8) is 0 Å². The molecule has 1 aromatic carbocycles. The fourth-order valence-electron chi connectivity index (χ4n) is 3.92. The fourth-order valence-corrected chi connectivity index (χ4v) is 6.31. The first-order valence-corrected chi connectivity index (χ1v) is 12.5. The average Bonchev–Trinajstić information content (AvgIpc) is 3.20. The van der Waals surface area contributed by atoms with E-state index < -0.39 is 23.1 Å². The van der Waals surface area contributed by atoms with E-state index in [-0.39, 0.29) is 5.92 Å². The maximum absolute atomic E-state index is 13.5. The number of carbonyl (C=O) groups excluding carboxylic acids is 2. The lowest BCUT2D eigenvalue weighted by Crippen LogP contribution is -2.50. The van der Waals surface area contributed by atoms with Crippen LogP contribution in [0, 0.1) is 5.92 Å². The molecule has 1 saturated heterocycles. The van der Waals surface area contributed by atoms with Crippen LogP contribution in [0.1, 0.15) is 42.4 Å². The molecule has 2 amide bonds. The normalized spacial score (nSPS) is 23.1. The number of benzene rings is 1. The predicted octanol–water partition coefficient (Wildman–Crippen LogP) is 3.42. The van der Waals surface area contributed by atoms with E-state index in [0.717, 1.165) is 9.78 Å². The third kappa shape index (κ3) is 4.65. The Kier molecular flexibility index (Phi) is 6.52. The molecule has 32 heavy (non-hydrogen) atoms. The number of fused-ring (bicyclic) bond motifs is 1. The number of nitrogens with zero attached hydrogens (tertiary/aromatic N) is 2. The summed E-state index contributed by atoms with van der Waals surface area (Å²) in [6.45, 7) is 6.57. The zero-order chi connectivity index (χ0) is 22.9. The van der Waals surface area contributed by atoms with Gasteiger partial charge in [-0.05, 0) is 38.3 Å². The summed E-state index contributed by atoms with van der Waals surface area (Å²) in [5.74, 6) is 0.446. The van der Waals surface area contributed by atoms with Crippen molar-refractivity contribution >= 4 is 53.6 Å². The number of ether oxygens (including phenoxy) is 2. The summed E-state index contributed by atoms with van der Waals surface area (Å²) < 4.78 is 11.4. The summed E-state index contributed by atoms with van der Waals surface area (Å²) >= 11 is 3.09. The maximum atomic E-state index is 13.5. The number of hydrogen-bond acceptors (Lipinski definition) is 7. The number of imide groups is 1. The van der Waals surface area contributed by atoms with Crippen molar-refractivity contribution in [3.05, 3.63) is 52.2 Å². The average molecular weight is 470 g/mol. The van der Waals surface area contributed by atoms with Crippen LogP contribution in [0.4, 0.5) is 4.79 Å². The van der Waals surface area contributed by atoms with Crippen LogP contribution in [-0.4, -0.2) is 54.5 Å². The molecule has 0 bridgehead atoms. The lowest BCUT2D eigenvalue weighted by molar-refractivity contribution is 0.0104. The van der Waals surface area contributed by atoms with E-state index in [4.69, 9.17) is 14.5 Å². The molecule has 2 aromatic rings. The standard InChI is InChI=1S/C23H27BN2O4S2/c1-22(2,3)30-21(28)26(19(27)15-7-5-4-6-8-15)20-25-23(18-11-17(24)14-31-18)9-10-29-12-16(23)13-32-20/h4-8,11,14,16H,9-10,12-13,24H2,1-3H3/t16-,23-/m0/s1. The van der Waals surface area contributed by atoms with Crippen LogP contribution < -0.4 is 5.46 Å². The van der Waals surface area contributed by atoms with Gasteiger partial charge in [-0.25, -0.2) is 9.79 Å². The van der Waals surface area contributed by atoms with Crippen molar-refractivity contribution < 1.29 is 19.1 Å². The van der Waals surface area contributed by atoms with Gasteiger partial charge in [0.25, 0.3) is 5.91 Å². The molecule has 0 aliphatic carbocycles. The van der Waals surface area contributed by atoms with Crippen LogP contribution in [-0.2, 0) is 15.0 Å². The van der Waals surface area contributed by atoms with Crippen LogP contribution in [0.2, 0.25) is 0 Å². The number of thiophene rings is 1. The van der Waals surface area contributed by atoms with Crippen LogP contribution in [0.5, 0.6) is 0 Å². The van der Waals surface area contributed by atoms with Crippen molar-refractivity contribution in [2.75, 3.05) is 19.0 Å². The summed E-state index contributed by atoms with van der Waals surface area (Å²) in [4.78, 5) is 34.1. The summed E-state index contributed by atoms with van der Waals surface area (Å²) in [5, 5.41) is 2.51. The zero-order valence-electron chi connectivity index (χ0n) is 18.8. The Labute approximate surface area is 197 Å². The zero-order valence-corrected chi connectivity index (χ0v) is 20.4. The Morgan fingerprint density at radius 1 is 1.28 bits per heavy atom. The molecule has 0 N–H and O–H groups in total. The smallest absolute Gasteiger partial charge is 0.423 e. The van der Waals surface area contributed by atoms with Crippen molar-refractivity contribution in [3.8, 4) is 0 Å². The number of amidine groups is 1. The van der Waals surface area contributed by atoms with Crippen LogP contribution in [0.3, 0.4) is 0 Å². The first-order valence-electron chi connectivity index (χ1n) is 10.7. The highest BCUT2D eigenvalue weighted by molar-refractivity contribution is 8.13. The molecule has 1 aromatic heterocycles. The van der Waals surface area contributed by atoms with Gasteiger partial charge >= 0.3 is 6.09 Å². The van der Waals surface area contributed by atoms with Gasteiger partial charge in [0.1, 0.15) is 19.0 Å². The number of amides is 2. The van der Waals surface area contributed by atoms with Gasteiger partial charge in [-0.2, -0.15) is 4.90 Å². The van der Waals surface area contributed by atoms with Gasteiger partial charge in [-0.1, -0.05) is 41.5 Å². The van der Waals surface area contributed by atoms with Gasteiger partial charge in [0, 0.05) is 35.1 Å². The molecule has 168 valence electrons. The Morgan fingerprint density at radius 3 is 2.69 bits per heavy atom. The molecule has 0 radical (unpaired) electrons. The summed E-state index contributed by atoms with van der Waals surface area (Å²) in [6.07, 6.45) is 0.00392.